The average molecular weight is 893 g/mol. The van der Waals surface area contributed by atoms with Gasteiger partial charge in [-0.15, -0.1) is 10.2 Å². The highest BCUT2D eigenvalue weighted by Gasteiger charge is 2.24. The number of pyridine rings is 1. The van der Waals surface area contributed by atoms with E-state index in [2.05, 4.69) is 230 Å². The molecular weight excluding hydrogens is 849 g/mol. The number of nitrogens with zero attached hydrogens (tertiary/aromatic N) is 4. The molecule has 11 aromatic carbocycles. The zero-order chi connectivity index (χ0) is 46.3. The molecule has 4 heteroatoms. The zero-order valence-electron chi connectivity index (χ0n) is 38.5. The zero-order valence-corrected chi connectivity index (χ0v) is 38.5. The van der Waals surface area contributed by atoms with Gasteiger partial charge in [0.15, 0.2) is 0 Å². The Morgan fingerprint density at radius 2 is 1.01 bits per heavy atom. The van der Waals surface area contributed by atoms with Crippen molar-refractivity contribution >= 4 is 76.5 Å². The monoisotopic (exact) mass is 892 g/mol. The third-order valence-corrected chi connectivity index (χ3v) is 14.8. The molecule has 0 saturated heterocycles. The first-order valence-electron chi connectivity index (χ1n) is 24.2. The van der Waals surface area contributed by atoms with Crippen molar-refractivity contribution in [3.63, 3.8) is 0 Å². The van der Waals surface area contributed by atoms with Gasteiger partial charge in [0.2, 0.25) is 0 Å². The second kappa shape index (κ2) is 16.1. The van der Waals surface area contributed by atoms with Crippen LogP contribution in [0.25, 0.3) is 127 Å². The molecule has 2 heterocycles. The molecule has 328 valence electrons. The van der Waals surface area contributed by atoms with Crippen LogP contribution >= 0.6 is 0 Å². The normalized spacial score (nSPS) is 13.7. The Morgan fingerprint density at radius 3 is 1.86 bits per heavy atom. The summed E-state index contributed by atoms with van der Waals surface area (Å²) in [6, 6.07) is 77.3. The smallest absolute Gasteiger partial charge is 0.114 e. The summed E-state index contributed by atoms with van der Waals surface area (Å²) in [4.78, 5) is 6.37. The molecule has 0 aliphatic heterocycles. The van der Waals surface area contributed by atoms with Crippen LogP contribution in [-0.2, 0) is 0 Å². The van der Waals surface area contributed by atoms with Crippen molar-refractivity contribution in [1.29, 1.82) is 0 Å². The first kappa shape index (κ1) is 40.1. The minimum Gasteiger partial charge on any atom is -0.263 e. The molecule has 0 spiro atoms. The topological polar surface area (TPSA) is 43.6 Å². The van der Waals surface area contributed by atoms with Gasteiger partial charge < -0.3 is 0 Å². The number of hydrogen-bond donors (Lipinski definition) is 0. The molecule has 0 bridgehead atoms. The third kappa shape index (κ3) is 6.56. The maximum absolute atomic E-state index is 5.08. The van der Waals surface area contributed by atoms with Crippen LogP contribution in [0.2, 0.25) is 0 Å². The fraction of sp³-hybridized carbons (Fsp3) is 0.0455. The van der Waals surface area contributed by atoms with Crippen LogP contribution in [0.15, 0.2) is 225 Å². The summed E-state index contributed by atoms with van der Waals surface area (Å²) in [6.07, 6.45) is 7.34. The molecule has 0 radical (unpaired) electrons. The van der Waals surface area contributed by atoms with Gasteiger partial charge in [-0.1, -0.05) is 189 Å². The van der Waals surface area contributed by atoms with E-state index in [9.17, 15) is 0 Å². The summed E-state index contributed by atoms with van der Waals surface area (Å²) >= 11 is 0. The largest absolute Gasteiger partial charge is 0.263 e. The van der Waals surface area contributed by atoms with E-state index in [1.54, 1.807) is 4.80 Å². The lowest BCUT2D eigenvalue weighted by Crippen LogP contribution is -2.05. The summed E-state index contributed by atoms with van der Waals surface area (Å²) < 4.78 is 0. The number of fused-ring (bicyclic) bond motifs is 7. The lowest BCUT2D eigenvalue weighted by molar-refractivity contribution is 0.766. The van der Waals surface area contributed by atoms with E-state index in [1.165, 1.54) is 93.0 Å². The molecule has 14 rings (SSSR count). The van der Waals surface area contributed by atoms with Crippen molar-refractivity contribution in [1.82, 2.24) is 20.0 Å². The van der Waals surface area contributed by atoms with E-state index in [0.29, 0.717) is 5.92 Å². The fourth-order valence-corrected chi connectivity index (χ4v) is 11.4. The van der Waals surface area contributed by atoms with Crippen LogP contribution in [0.4, 0.5) is 0 Å². The number of rotatable bonds is 6. The van der Waals surface area contributed by atoms with E-state index < -0.39 is 0 Å². The van der Waals surface area contributed by atoms with Crippen LogP contribution in [-0.4, -0.2) is 20.0 Å². The summed E-state index contributed by atoms with van der Waals surface area (Å²) in [7, 11) is 0. The Labute approximate surface area is 405 Å². The molecule has 0 saturated carbocycles. The van der Waals surface area contributed by atoms with Crippen molar-refractivity contribution in [2.45, 2.75) is 19.3 Å². The van der Waals surface area contributed by atoms with Gasteiger partial charge in [-0.2, -0.15) is 4.80 Å². The Morgan fingerprint density at radius 1 is 0.400 bits per heavy atom. The van der Waals surface area contributed by atoms with Crippen molar-refractivity contribution in [2.75, 3.05) is 0 Å². The molecule has 1 aliphatic carbocycles. The Balaban J connectivity index is 0.859. The summed E-state index contributed by atoms with van der Waals surface area (Å²) in [5.74, 6) is 0.403. The lowest BCUT2D eigenvalue weighted by atomic mass is 9.78. The number of allylic oxidation sites excluding steroid dienone is 1. The van der Waals surface area contributed by atoms with E-state index in [4.69, 9.17) is 10.2 Å². The summed E-state index contributed by atoms with van der Waals surface area (Å²) in [5.41, 5.74) is 17.4. The van der Waals surface area contributed by atoms with Gasteiger partial charge in [0, 0.05) is 23.3 Å². The molecule has 0 amide bonds. The van der Waals surface area contributed by atoms with Gasteiger partial charge in [0.25, 0.3) is 0 Å². The molecule has 1 atom stereocenters. The molecule has 2 aromatic heterocycles. The Hall–Kier alpha value is -8.99. The fourth-order valence-electron chi connectivity index (χ4n) is 11.4. The lowest BCUT2D eigenvalue weighted by Gasteiger charge is -2.26. The van der Waals surface area contributed by atoms with Gasteiger partial charge in [0.1, 0.15) is 11.0 Å². The minimum absolute atomic E-state index is 0.403. The number of hydrogen-bond acceptors (Lipinski definition) is 3. The minimum atomic E-state index is 0.403. The van der Waals surface area contributed by atoms with Crippen LogP contribution in [0.1, 0.15) is 36.0 Å². The van der Waals surface area contributed by atoms with Crippen LogP contribution < -0.4 is 0 Å². The quantitative estimate of drug-likeness (QED) is 0.156. The first-order valence-corrected chi connectivity index (χ1v) is 24.2. The molecule has 1 aliphatic rings. The maximum atomic E-state index is 5.08. The molecule has 0 N–H and O–H groups in total. The van der Waals surface area contributed by atoms with Crippen LogP contribution in [0.3, 0.4) is 0 Å². The Bertz CT molecular complexity index is 4290. The van der Waals surface area contributed by atoms with E-state index in [0.717, 1.165) is 50.8 Å². The first-order chi connectivity index (χ1) is 34.6. The summed E-state index contributed by atoms with van der Waals surface area (Å²) in [6.45, 7) is 2.37. The highest BCUT2D eigenvalue weighted by Crippen LogP contribution is 2.48. The van der Waals surface area contributed by atoms with Crippen LogP contribution in [0, 0.1) is 0 Å². The molecule has 4 nitrogen and oxygen atoms in total. The second-order valence-electron chi connectivity index (χ2n) is 18.9. The van der Waals surface area contributed by atoms with E-state index in [-0.39, 0.29) is 0 Å². The van der Waals surface area contributed by atoms with Gasteiger partial charge in [0.05, 0.1) is 5.69 Å². The van der Waals surface area contributed by atoms with Crippen LogP contribution in [0.5, 0.6) is 0 Å². The van der Waals surface area contributed by atoms with Gasteiger partial charge in [-0.05, 0) is 158 Å². The maximum Gasteiger partial charge on any atom is 0.114 e. The van der Waals surface area contributed by atoms with Gasteiger partial charge in [-0.25, -0.2) is 0 Å². The molecule has 70 heavy (non-hydrogen) atoms. The highest BCUT2D eigenvalue weighted by molar-refractivity contribution is 6.21. The predicted molar refractivity (Wildman–Crippen MR) is 293 cm³/mol. The predicted octanol–water partition coefficient (Wildman–Crippen LogP) is 17.3. The van der Waals surface area contributed by atoms with Crippen molar-refractivity contribution in [2.24, 2.45) is 0 Å². The number of benzene rings is 11. The standard InChI is InChI=1S/C66H44N4/c1-41-34-50(36-47-14-4-6-16-52(41)47)66-59-21-11-10-20-58(59)65(48-23-22-42-12-2-3-13-44(42)35-48)60-30-26-45(37-61(60)66)46-27-33-63-64(38-46)69-70(68-63)51-28-24-43(25-29-51)54-31-32-57(56-19-9-8-18-55(54)56)62-40-67-39-49-15-5-7-17-53(49)62/h2-33,35-41H,34H2,1H3. The van der Waals surface area contributed by atoms with E-state index >= 15 is 0 Å². The van der Waals surface area contributed by atoms with Crippen molar-refractivity contribution in [3.05, 3.63) is 241 Å². The number of aromatic nitrogens is 4. The van der Waals surface area contributed by atoms with Gasteiger partial charge >= 0.3 is 0 Å². The van der Waals surface area contributed by atoms with E-state index in [1.807, 2.05) is 12.4 Å². The van der Waals surface area contributed by atoms with Crippen molar-refractivity contribution < 1.29 is 0 Å². The third-order valence-electron chi connectivity index (χ3n) is 14.8. The molecule has 1 unspecified atom stereocenters. The summed E-state index contributed by atoms with van der Waals surface area (Å²) in [5, 5.41) is 22.3. The molecular formula is C66H44N4. The van der Waals surface area contributed by atoms with Crippen molar-refractivity contribution in [3.8, 4) is 50.2 Å². The SMILES string of the molecule is CC1CC(c2c3ccccc3c(-c3ccc4ccccc4c3)c3ccc(-c4ccc5nn(-c6ccc(-c7ccc(-c8cncc9ccccc89)c8ccccc78)cc6)nc5c4)cc23)=Cc2ccccc21. The highest BCUT2D eigenvalue weighted by atomic mass is 15.5. The molecule has 13 aromatic rings. The average Bonchev–Trinajstić information content (AvgIpc) is 3.86. The molecule has 0 fully saturated rings. The van der Waals surface area contributed by atoms with Gasteiger partial charge in [-0.3, -0.25) is 4.98 Å². The second-order valence-corrected chi connectivity index (χ2v) is 18.9. The Kier molecular flexibility index (Phi) is 9.21.